The summed E-state index contributed by atoms with van der Waals surface area (Å²) in [6.45, 7) is 6.37. The summed E-state index contributed by atoms with van der Waals surface area (Å²) in [6, 6.07) is 0. The first-order valence-electron chi connectivity index (χ1n) is 5.35. The molecule has 0 amide bonds. The first-order chi connectivity index (χ1) is 7.15. The van der Waals surface area contributed by atoms with E-state index in [2.05, 4.69) is 22.0 Å². The molecular formula is C10H17N3O2. The van der Waals surface area contributed by atoms with E-state index in [9.17, 15) is 5.11 Å². The van der Waals surface area contributed by atoms with Crippen LogP contribution in [0.25, 0.3) is 0 Å². The van der Waals surface area contributed by atoms with Crippen molar-refractivity contribution >= 4 is 0 Å². The van der Waals surface area contributed by atoms with E-state index in [-0.39, 0.29) is 6.10 Å². The zero-order valence-corrected chi connectivity index (χ0v) is 9.18. The number of nitrogens with zero attached hydrogens (tertiary/aromatic N) is 3. The standard InChI is InChI=1S/C10H17N3O2/c1-7-5-13(4-3-9(7)14)6-10-11-8(2)15-12-10/h7,9,14H,3-6H2,1-2H3. The number of hydrogen-bond acceptors (Lipinski definition) is 5. The number of aromatic nitrogens is 2. The zero-order chi connectivity index (χ0) is 10.8. The van der Waals surface area contributed by atoms with Crippen molar-refractivity contribution in [2.75, 3.05) is 13.1 Å². The fourth-order valence-electron chi connectivity index (χ4n) is 1.97. The van der Waals surface area contributed by atoms with Crippen molar-refractivity contribution in [3.8, 4) is 0 Å². The Kier molecular flexibility index (Phi) is 3.02. The van der Waals surface area contributed by atoms with Crippen LogP contribution >= 0.6 is 0 Å². The Bertz CT molecular complexity index is 326. The minimum atomic E-state index is -0.159. The van der Waals surface area contributed by atoms with Gasteiger partial charge in [-0.05, 0) is 12.3 Å². The Balaban J connectivity index is 1.90. The molecule has 5 nitrogen and oxygen atoms in total. The molecule has 2 heterocycles. The molecule has 0 aromatic carbocycles. The summed E-state index contributed by atoms with van der Waals surface area (Å²) in [4.78, 5) is 6.42. The Morgan fingerprint density at radius 1 is 1.60 bits per heavy atom. The minimum absolute atomic E-state index is 0.159. The summed E-state index contributed by atoms with van der Waals surface area (Å²) >= 11 is 0. The van der Waals surface area contributed by atoms with Crippen molar-refractivity contribution in [3.63, 3.8) is 0 Å². The SMILES string of the molecule is Cc1nc(CN2CCC(O)C(C)C2)no1. The number of aryl methyl sites for hydroxylation is 1. The molecule has 2 atom stereocenters. The van der Waals surface area contributed by atoms with Crippen LogP contribution in [0.2, 0.25) is 0 Å². The van der Waals surface area contributed by atoms with Gasteiger partial charge < -0.3 is 9.63 Å². The van der Waals surface area contributed by atoms with E-state index in [1.54, 1.807) is 6.92 Å². The van der Waals surface area contributed by atoms with Gasteiger partial charge in [-0.25, -0.2) is 0 Å². The molecule has 0 radical (unpaired) electrons. The molecule has 1 saturated heterocycles. The van der Waals surface area contributed by atoms with Crippen molar-refractivity contribution in [3.05, 3.63) is 11.7 Å². The fourth-order valence-corrected chi connectivity index (χ4v) is 1.97. The monoisotopic (exact) mass is 211 g/mol. The molecule has 0 spiro atoms. The lowest BCUT2D eigenvalue weighted by molar-refractivity contribution is 0.0308. The Morgan fingerprint density at radius 2 is 2.40 bits per heavy atom. The Labute approximate surface area is 89.1 Å². The van der Waals surface area contributed by atoms with Crippen LogP contribution < -0.4 is 0 Å². The number of hydrogen-bond donors (Lipinski definition) is 1. The molecule has 0 bridgehead atoms. The van der Waals surface area contributed by atoms with Crippen molar-refractivity contribution < 1.29 is 9.63 Å². The van der Waals surface area contributed by atoms with Gasteiger partial charge in [-0.15, -0.1) is 0 Å². The molecule has 1 aliphatic heterocycles. The van der Waals surface area contributed by atoms with Crippen LogP contribution in [0.5, 0.6) is 0 Å². The number of aliphatic hydroxyl groups excluding tert-OH is 1. The van der Waals surface area contributed by atoms with Crippen LogP contribution in [0, 0.1) is 12.8 Å². The molecular weight excluding hydrogens is 194 g/mol. The number of piperidine rings is 1. The highest BCUT2D eigenvalue weighted by Crippen LogP contribution is 2.17. The van der Waals surface area contributed by atoms with Gasteiger partial charge in [0.05, 0.1) is 12.6 Å². The third-order valence-electron chi connectivity index (χ3n) is 2.88. The van der Waals surface area contributed by atoms with E-state index >= 15 is 0 Å². The molecule has 0 saturated carbocycles. The van der Waals surface area contributed by atoms with Crippen LogP contribution in [0.15, 0.2) is 4.52 Å². The van der Waals surface area contributed by atoms with Gasteiger partial charge in [-0.1, -0.05) is 12.1 Å². The first-order valence-corrected chi connectivity index (χ1v) is 5.35. The van der Waals surface area contributed by atoms with Gasteiger partial charge in [0, 0.05) is 20.0 Å². The van der Waals surface area contributed by atoms with Crippen LogP contribution in [-0.4, -0.2) is 39.3 Å². The largest absolute Gasteiger partial charge is 0.393 e. The lowest BCUT2D eigenvalue weighted by Gasteiger charge is -2.33. The lowest BCUT2D eigenvalue weighted by Crippen LogP contribution is -2.41. The van der Waals surface area contributed by atoms with E-state index in [4.69, 9.17) is 4.52 Å². The third kappa shape index (κ3) is 2.54. The van der Waals surface area contributed by atoms with Crippen molar-refractivity contribution in [1.82, 2.24) is 15.0 Å². The number of likely N-dealkylation sites (tertiary alicyclic amines) is 1. The maximum atomic E-state index is 9.59. The Morgan fingerprint density at radius 3 is 3.00 bits per heavy atom. The maximum absolute atomic E-state index is 9.59. The van der Waals surface area contributed by atoms with Gasteiger partial charge in [0.25, 0.3) is 0 Å². The second-order valence-corrected chi connectivity index (χ2v) is 4.30. The molecule has 84 valence electrons. The molecule has 1 aliphatic rings. The van der Waals surface area contributed by atoms with Gasteiger partial charge in [0.1, 0.15) is 0 Å². The van der Waals surface area contributed by atoms with E-state index in [1.807, 2.05) is 0 Å². The normalized spacial score (nSPS) is 28.2. The molecule has 1 fully saturated rings. The van der Waals surface area contributed by atoms with E-state index in [1.165, 1.54) is 0 Å². The summed E-state index contributed by atoms with van der Waals surface area (Å²) in [7, 11) is 0. The van der Waals surface area contributed by atoms with E-state index < -0.39 is 0 Å². The van der Waals surface area contributed by atoms with Gasteiger partial charge in [-0.3, -0.25) is 4.90 Å². The maximum Gasteiger partial charge on any atom is 0.223 e. The summed E-state index contributed by atoms with van der Waals surface area (Å²) in [5.74, 6) is 1.66. The van der Waals surface area contributed by atoms with Crippen LogP contribution in [-0.2, 0) is 6.54 Å². The lowest BCUT2D eigenvalue weighted by atomic mass is 9.97. The van der Waals surface area contributed by atoms with Gasteiger partial charge in [0.2, 0.25) is 5.89 Å². The van der Waals surface area contributed by atoms with Crippen molar-refractivity contribution in [1.29, 1.82) is 0 Å². The number of aliphatic hydroxyl groups is 1. The van der Waals surface area contributed by atoms with Gasteiger partial charge in [-0.2, -0.15) is 4.98 Å². The van der Waals surface area contributed by atoms with Crippen molar-refractivity contribution in [2.24, 2.45) is 5.92 Å². The summed E-state index contributed by atoms with van der Waals surface area (Å²) in [5.41, 5.74) is 0. The highest BCUT2D eigenvalue weighted by molar-refractivity contribution is 4.86. The average molecular weight is 211 g/mol. The van der Waals surface area contributed by atoms with Crippen LogP contribution in [0.4, 0.5) is 0 Å². The predicted octanol–water partition coefficient (Wildman–Crippen LogP) is 0.581. The zero-order valence-electron chi connectivity index (χ0n) is 9.18. The highest BCUT2D eigenvalue weighted by Gasteiger charge is 2.24. The van der Waals surface area contributed by atoms with Crippen molar-refractivity contribution in [2.45, 2.75) is 32.9 Å². The smallest absolute Gasteiger partial charge is 0.223 e. The first kappa shape index (κ1) is 10.6. The molecule has 15 heavy (non-hydrogen) atoms. The molecule has 1 aromatic rings. The van der Waals surface area contributed by atoms with Crippen LogP contribution in [0.3, 0.4) is 0 Å². The summed E-state index contributed by atoms with van der Waals surface area (Å²) < 4.78 is 4.92. The summed E-state index contributed by atoms with van der Waals surface area (Å²) in [5, 5.41) is 13.5. The second kappa shape index (κ2) is 4.28. The van der Waals surface area contributed by atoms with E-state index in [0.717, 1.165) is 25.3 Å². The summed E-state index contributed by atoms with van der Waals surface area (Å²) in [6.07, 6.45) is 0.672. The Hall–Kier alpha value is -0.940. The minimum Gasteiger partial charge on any atom is -0.393 e. The topological polar surface area (TPSA) is 62.4 Å². The fraction of sp³-hybridized carbons (Fsp3) is 0.800. The number of rotatable bonds is 2. The second-order valence-electron chi connectivity index (χ2n) is 4.30. The molecule has 1 aromatic heterocycles. The highest BCUT2D eigenvalue weighted by atomic mass is 16.5. The molecule has 2 rings (SSSR count). The van der Waals surface area contributed by atoms with E-state index in [0.29, 0.717) is 18.4 Å². The third-order valence-corrected chi connectivity index (χ3v) is 2.88. The predicted molar refractivity (Wildman–Crippen MR) is 54.1 cm³/mol. The molecule has 0 aliphatic carbocycles. The molecule has 1 N–H and O–H groups in total. The quantitative estimate of drug-likeness (QED) is 0.775. The average Bonchev–Trinajstić information content (AvgIpc) is 2.58. The van der Waals surface area contributed by atoms with Gasteiger partial charge >= 0.3 is 0 Å². The van der Waals surface area contributed by atoms with Gasteiger partial charge in [0.15, 0.2) is 5.82 Å². The van der Waals surface area contributed by atoms with Crippen LogP contribution in [0.1, 0.15) is 25.1 Å². The molecule has 2 unspecified atom stereocenters. The molecule has 5 heteroatoms.